The van der Waals surface area contributed by atoms with Gasteiger partial charge in [0, 0.05) is 31.9 Å². The van der Waals surface area contributed by atoms with E-state index in [0.717, 1.165) is 19.4 Å². The molecule has 1 aromatic heterocycles. The molecule has 2 rings (SSSR count). The van der Waals surface area contributed by atoms with Gasteiger partial charge < -0.3 is 23.6 Å². The van der Waals surface area contributed by atoms with Crippen LogP contribution < -0.4 is 4.74 Å². The van der Waals surface area contributed by atoms with Gasteiger partial charge in [-0.3, -0.25) is 4.79 Å². The van der Waals surface area contributed by atoms with Gasteiger partial charge in [-0.05, 0) is 44.7 Å². The molecule has 1 amide bonds. The fourth-order valence-corrected chi connectivity index (χ4v) is 3.33. The molecule has 1 aliphatic heterocycles. The first-order valence-corrected chi connectivity index (χ1v) is 9.60. The maximum Gasteiger partial charge on any atom is 0.254 e. The predicted molar refractivity (Wildman–Crippen MR) is 97.0 cm³/mol. The number of aromatic nitrogens is 1. The molecule has 1 fully saturated rings. The molecule has 1 aliphatic rings. The van der Waals surface area contributed by atoms with Gasteiger partial charge in [0.25, 0.3) is 5.88 Å². The maximum absolute atomic E-state index is 13.0. The van der Waals surface area contributed by atoms with E-state index in [2.05, 4.69) is 12.1 Å². The molecule has 0 radical (unpaired) electrons. The summed E-state index contributed by atoms with van der Waals surface area (Å²) in [6.45, 7) is 12.0. The van der Waals surface area contributed by atoms with Crippen LogP contribution in [0.1, 0.15) is 59.1 Å². The summed E-state index contributed by atoms with van der Waals surface area (Å²) in [5, 5.41) is 3.96. The van der Waals surface area contributed by atoms with Crippen LogP contribution in [0.25, 0.3) is 0 Å². The van der Waals surface area contributed by atoms with Crippen molar-refractivity contribution in [2.24, 2.45) is 5.92 Å². The van der Waals surface area contributed by atoms with Crippen molar-refractivity contribution in [3.05, 3.63) is 11.8 Å². The molecule has 0 bridgehead atoms. The largest absolute Gasteiger partial charge is 0.470 e. The van der Waals surface area contributed by atoms with E-state index in [1.54, 1.807) is 6.07 Å². The van der Waals surface area contributed by atoms with Crippen LogP contribution in [0.5, 0.6) is 5.88 Å². The van der Waals surface area contributed by atoms with Gasteiger partial charge in [0.15, 0.2) is 12.1 Å². The lowest BCUT2D eigenvalue weighted by Gasteiger charge is -2.27. The molecule has 1 aromatic rings. The lowest BCUT2D eigenvalue weighted by Crippen LogP contribution is -2.38. The van der Waals surface area contributed by atoms with E-state index in [1.165, 1.54) is 0 Å². The zero-order valence-corrected chi connectivity index (χ0v) is 16.6. The van der Waals surface area contributed by atoms with E-state index in [0.29, 0.717) is 24.9 Å². The number of likely N-dealkylation sites (tertiary alicyclic amines) is 1. The monoisotopic (exact) mass is 368 g/mol. The Balaban J connectivity index is 2.03. The summed E-state index contributed by atoms with van der Waals surface area (Å²) in [4.78, 5) is 15.0. The molecule has 2 atom stereocenters. The quantitative estimate of drug-likeness (QED) is 0.591. The van der Waals surface area contributed by atoms with Crippen molar-refractivity contribution in [2.45, 2.75) is 65.7 Å². The van der Waals surface area contributed by atoms with Crippen LogP contribution in [0.3, 0.4) is 0 Å². The number of amides is 1. The Morgan fingerprint density at radius 1 is 1.35 bits per heavy atom. The molecule has 0 aliphatic carbocycles. The highest BCUT2D eigenvalue weighted by Crippen LogP contribution is 2.31. The minimum atomic E-state index is -0.446. The van der Waals surface area contributed by atoms with E-state index in [9.17, 15) is 4.79 Å². The third-order valence-electron chi connectivity index (χ3n) is 4.65. The zero-order valence-electron chi connectivity index (χ0n) is 16.6. The number of hydrogen-bond donors (Lipinski definition) is 0. The molecule has 0 aromatic carbocycles. The summed E-state index contributed by atoms with van der Waals surface area (Å²) < 4.78 is 22.0. The smallest absolute Gasteiger partial charge is 0.254 e. The van der Waals surface area contributed by atoms with E-state index in [4.69, 9.17) is 18.7 Å². The fourth-order valence-electron chi connectivity index (χ4n) is 3.33. The Morgan fingerprint density at radius 2 is 2.04 bits per heavy atom. The first-order valence-electron chi connectivity index (χ1n) is 9.60. The first-order chi connectivity index (χ1) is 12.5. The molecule has 0 spiro atoms. The molecule has 2 heterocycles. The van der Waals surface area contributed by atoms with Crippen molar-refractivity contribution in [2.75, 3.05) is 26.4 Å². The molecule has 0 N–H and O–H groups in total. The maximum atomic E-state index is 13.0. The lowest BCUT2D eigenvalue weighted by atomic mass is 9.91. The average molecular weight is 368 g/mol. The number of rotatable bonds is 10. The van der Waals surface area contributed by atoms with Gasteiger partial charge in [-0.15, -0.1) is 0 Å². The van der Waals surface area contributed by atoms with Crippen LogP contribution in [0.15, 0.2) is 10.6 Å². The van der Waals surface area contributed by atoms with Gasteiger partial charge in [0.05, 0.1) is 0 Å². The minimum Gasteiger partial charge on any atom is -0.470 e. The third kappa shape index (κ3) is 5.20. The van der Waals surface area contributed by atoms with Crippen LogP contribution in [-0.4, -0.2) is 54.7 Å². The molecule has 7 heteroatoms. The van der Waals surface area contributed by atoms with Gasteiger partial charge in [0.1, 0.15) is 12.5 Å². The molecular formula is C19H32N2O5. The van der Waals surface area contributed by atoms with Gasteiger partial charge in [-0.1, -0.05) is 13.8 Å². The number of hydrogen-bond acceptors (Lipinski definition) is 6. The SMILES string of the molecule is CCOC(COc1cc(C(C(=O)N2CCCC2C)C(C)C)on1)OCC. The van der Waals surface area contributed by atoms with Crippen LogP contribution in [-0.2, 0) is 14.3 Å². The Morgan fingerprint density at radius 3 is 2.58 bits per heavy atom. The minimum absolute atomic E-state index is 0.106. The summed E-state index contributed by atoms with van der Waals surface area (Å²) in [5.41, 5.74) is 0. The van der Waals surface area contributed by atoms with E-state index in [-0.39, 0.29) is 30.4 Å². The standard InChI is InChI=1S/C19H32N2O5/c1-6-23-17(24-7-2)12-25-16-11-15(26-20-16)18(13(3)4)19(22)21-10-8-9-14(21)5/h11,13-14,17-18H,6-10,12H2,1-5H3. The summed E-state index contributed by atoms with van der Waals surface area (Å²) in [6, 6.07) is 1.98. The highest BCUT2D eigenvalue weighted by molar-refractivity contribution is 5.84. The van der Waals surface area contributed by atoms with E-state index in [1.807, 2.05) is 32.6 Å². The Labute approximate surface area is 155 Å². The topological polar surface area (TPSA) is 74.0 Å². The summed E-state index contributed by atoms with van der Waals surface area (Å²) in [5.74, 6) is 0.751. The van der Waals surface area contributed by atoms with Crippen molar-refractivity contribution < 1.29 is 23.5 Å². The molecule has 26 heavy (non-hydrogen) atoms. The Bertz CT molecular complexity index is 554. The van der Waals surface area contributed by atoms with Gasteiger partial charge >= 0.3 is 0 Å². The number of carbonyl (C=O) groups excluding carboxylic acids is 1. The summed E-state index contributed by atoms with van der Waals surface area (Å²) in [6.07, 6.45) is 1.66. The van der Waals surface area contributed by atoms with Crippen LogP contribution in [0.4, 0.5) is 0 Å². The van der Waals surface area contributed by atoms with E-state index >= 15 is 0 Å². The Kier molecular flexibility index (Phi) is 7.90. The zero-order chi connectivity index (χ0) is 19.1. The average Bonchev–Trinajstić information content (AvgIpc) is 3.22. The molecule has 2 unspecified atom stereocenters. The molecule has 7 nitrogen and oxygen atoms in total. The highest BCUT2D eigenvalue weighted by atomic mass is 16.7. The second-order valence-electron chi connectivity index (χ2n) is 6.96. The van der Waals surface area contributed by atoms with Gasteiger partial charge in [-0.25, -0.2) is 0 Å². The molecule has 0 saturated carbocycles. The number of ether oxygens (including phenoxy) is 3. The highest BCUT2D eigenvalue weighted by Gasteiger charge is 2.35. The molecule has 148 valence electrons. The third-order valence-corrected chi connectivity index (χ3v) is 4.65. The second kappa shape index (κ2) is 9.92. The van der Waals surface area contributed by atoms with Gasteiger partial charge in [0.2, 0.25) is 5.91 Å². The summed E-state index contributed by atoms with van der Waals surface area (Å²) in [7, 11) is 0. The second-order valence-corrected chi connectivity index (χ2v) is 6.96. The van der Waals surface area contributed by atoms with Gasteiger partial charge in [-0.2, -0.15) is 0 Å². The number of nitrogens with zero attached hydrogens (tertiary/aromatic N) is 2. The molecule has 1 saturated heterocycles. The first kappa shape index (κ1) is 20.7. The van der Waals surface area contributed by atoms with E-state index < -0.39 is 6.29 Å². The van der Waals surface area contributed by atoms with Crippen molar-refractivity contribution >= 4 is 5.91 Å². The van der Waals surface area contributed by atoms with Crippen molar-refractivity contribution in [3.63, 3.8) is 0 Å². The fraction of sp³-hybridized carbons (Fsp3) is 0.789. The van der Waals surface area contributed by atoms with Crippen molar-refractivity contribution in [1.29, 1.82) is 0 Å². The normalized spacial score (nSPS) is 18.7. The van der Waals surface area contributed by atoms with Crippen LogP contribution in [0.2, 0.25) is 0 Å². The van der Waals surface area contributed by atoms with Crippen molar-refractivity contribution in [3.8, 4) is 5.88 Å². The lowest BCUT2D eigenvalue weighted by molar-refractivity contribution is -0.153. The predicted octanol–water partition coefficient (Wildman–Crippen LogP) is 3.20. The van der Waals surface area contributed by atoms with Crippen molar-refractivity contribution in [1.82, 2.24) is 10.1 Å². The van der Waals surface area contributed by atoms with Crippen LogP contribution in [0, 0.1) is 5.92 Å². The Hall–Kier alpha value is -1.60. The van der Waals surface area contributed by atoms with Crippen LogP contribution >= 0.6 is 0 Å². The molecular weight excluding hydrogens is 336 g/mol. The summed E-state index contributed by atoms with van der Waals surface area (Å²) >= 11 is 0. The number of carbonyl (C=O) groups is 1.